The van der Waals surface area contributed by atoms with Gasteiger partial charge in [-0.2, -0.15) is 0 Å². The van der Waals surface area contributed by atoms with E-state index in [2.05, 4.69) is 0 Å². The van der Waals surface area contributed by atoms with Crippen LogP contribution in [-0.2, 0) is 6.42 Å². The lowest BCUT2D eigenvalue weighted by molar-refractivity contribution is 0.114. The van der Waals surface area contributed by atoms with Gasteiger partial charge in [0.2, 0.25) is 0 Å². The van der Waals surface area contributed by atoms with Gasteiger partial charge in [-0.25, -0.2) is 8.78 Å². The molecule has 1 rings (SSSR count). The van der Waals surface area contributed by atoms with Crippen LogP contribution < -0.4 is 0 Å². The first kappa shape index (κ1) is 13.1. The summed E-state index contributed by atoms with van der Waals surface area (Å²) in [7, 11) is 0. The highest BCUT2D eigenvalue weighted by atomic mass is 19.2. The molecule has 1 aromatic rings. The molecule has 0 radical (unpaired) electrons. The van der Waals surface area contributed by atoms with Gasteiger partial charge in [-0.3, -0.25) is 0 Å². The van der Waals surface area contributed by atoms with Gasteiger partial charge in [-0.1, -0.05) is 26.0 Å². The van der Waals surface area contributed by atoms with E-state index in [-0.39, 0.29) is 12.0 Å². The summed E-state index contributed by atoms with van der Waals surface area (Å²) in [5.41, 5.74) is 0.00648. The Kier molecular flexibility index (Phi) is 4.42. The third-order valence-corrected chi connectivity index (χ3v) is 3.43. The number of aliphatic hydroxyl groups excluding tert-OH is 1. The van der Waals surface area contributed by atoms with Crippen LogP contribution in [0.2, 0.25) is 0 Å². The molecule has 0 spiro atoms. The van der Waals surface area contributed by atoms with Gasteiger partial charge in [-0.05, 0) is 36.3 Å². The molecular weight excluding hydrogens is 210 g/mol. The van der Waals surface area contributed by atoms with Gasteiger partial charge >= 0.3 is 0 Å². The van der Waals surface area contributed by atoms with Gasteiger partial charge in [0.15, 0.2) is 11.6 Å². The van der Waals surface area contributed by atoms with E-state index in [9.17, 15) is 13.9 Å². The summed E-state index contributed by atoms with van der Waals surface area (Å²) >= 11 is 0. The first-order valence-corrected chi connectivity index (χ1v) is 5.62. The average molecular weight is 228 g/mol. The molecule has 1 N–H and O–H groups in total. The number of benzene rings is 1. The van der Waals surface area contributed by atoms with Crippen molar-refractivity contribution in [2.24, 2.45) is 5.41 Å². The monoisotopic (exact) mass is 228 g/mol. The van der Waals surface area contributed by atoms with Crippen molar-refractivity contribution in [3.05, 3.63) is 35.4 Å². The van der Waals surface area contributed by atoms with Crippen molar-refractivity contribution in [1.82, 2.24) is 0 Å². The zero-order chi connectivity index (χ0) is 12.2. The summed E-state index contributed by atoms with van der Waals surface area (Å²) < 4.78 is 26.5. The summed E-state index contributed by atoms with van der Waals surface area (Å²) in [6.07, 6.45) is 1.87. The van der Waals surface area contributed by atoms with Crippen LogP contribution >= 0.6 is 0 Å². The third kappa shape index (κ3) is 2.59. The molecular formula is C13H18F2O. The SMILES string of the molecule is CCC(CC)(CO)Cc1cccc(F)c1F. The van der Waals surface area contributed by atoms with Gasteiger partial charge in [0, 0.05) is 6.61 Å². The smallest absolute Gasteiger partial charge is 0.162 e. The Morgan fingerprint density at radius 2 is 1.81 bits per heavy atom. The molecule has 0 saturated carbocycles. The van der Waals surface area contributed by atoms with Crippen molar-refractivity contribution in [2.75, 3.05) is 6.61 Å². The predicted octanol–water partition coefficient (Wildman–Crippen LogP) is 3.31. The van der Waals surface area contributed by atoms with E-state index in [4.69, 9.17) is 0 Å². The summed E-state index contributed by atoms with van der Waals surface area (Å²) in [5, 5.41) is 9.38. The van der Waals surface area contributed by atoms with Crippen molar-refractivity contribution in [2.45, 2.75) is 33.1 Å². The summed E-state index contributed by atoms with van der Waals surface area (Å²) in [6, 6.07) is 4.19. The highest BCUT2D eigenvalue weighted by Gasteiger charge is 2.27. The molecule has 3 heteroatoms. The molecule has 1 aromatic carbocycles. The lowest BCUT2D eigenvalue weighted by atomic mass is 9.77. The molecule has 0 unspecified atom stereocenters. The zero-order valence-corrected chi connectivity index (χ0v) is 9.76. The van der Waals surface area contributed by atoms with Crippen LogP contribution in [0, 0.1) is 17.0 Å². The fraction of sp³-hybridized carbons (Fsp3) is 0.538. The third-order valence-electron chi connectivity index (χ3n) is 3.43. The Labute approximate surface area is 95.1 Å². The Morgan fingerprint density at radius 3 is 2.31 bits per heavy atom. The van der Waals surface area contributed by atoms with Gasteiger partial charge in [0.1, 0.15) is 0 Å². The molecule has 0 aromatic heterocycles. The fourth-order valence-corrected chi connectivity index (χ4v) is 1.87. The topological polar surface area (TPSA) is 20.2 Å². The minimum atomic E-state index is -0.823. The molecule has 0 saturated heterocycles. The van der Waals surface area contributed by atoms with Gasteiger partial charge in [0.25, 0.3) is 0 Å². The van der Waals surface area contributed by atoms with E-state index in [1.165, 1.54) is 6.07 Å². The average Bonchev–Trinajstić information content (AvgIpc) is 2.32. The normalized spacial score (nSPS) is 11.8. The maximum atomic E-state index is 13.5. The van der Waals surface area contributed by atoms with Crippen LogP contribution in [-0.4, -0.2) is 11.7 Å². The molecule has 0 atom stereocenters. The van der Waals surface area contributed by atoms with Crippen LogP contribution in [0.5, 0.6) is 0 Å². The first-order chi connectivity index (χ1) is 7.58. The Balaban J connectivity index is 2.98. The van der Waals surface area contributed by atoms with E-state index >= 15 is 0 Å². The van der Waals surface area contributed by atoms with Gasteiger partial charge in [0.05, 0.1) is 0 Å². The summed E-state index contributed by atoms with van der Waals surface area (Å²) in [5.74, 6) is -1.61. The fourth-order valence-electron chi connectivity index (χ4n) is 1.87. The van der Waals surface area contributed by atoms with E-state index in [1.54, 1.807) is 6.07 Å². The Bertz CT molecular complexity index is 338. The molecule has 1 nitrogen and oxygen atoms in total. The van der Waals surface area contributed by atoms with Gasteiger partial charge in [-0.15, -0.1) is 0 Å². The van der Waals surface area contributed by atoms with Crippen LogP contribution in [0.4, 0.5) is 8.78 Å². The van der Waals surface area contributed by atoms with Crippen LogP contribution in [0.3, 0.4) is 0 Å². The summed E-state index contributed by atoms with van der Waals surface area (Å²) in [4.78, 5) is 0. The summed E-state index contributed by atoms with van der Waals surface area (Å²) in [6.45, 7) is 3.91. The quantitative estimate of drug-likeness (QED) is 0.819. The van der Waals surface area contributed by atoms with Crippen molar-refractivity contribution >= 4 is 0 Å². The van der Waals surface area contributed by atoms with Crippen molar-refractivity contribution in [3.63, 3.8) is 0 Å². The predicted molar refractivity (Wildman–Crippen MR) is 60.2 cm³/mol. The zero-order valence-electron chi connectivity index (χ0n) is 9.76. The van der Waals surface area contributed by atoms with E-state index in [0.29, 0.717) is 12.0 Å². The number of halogens is 2. The van der Waals surface area contributed by atoms with Crippen LogP contribution in [0.1, 0.15) is 32.3 Å². The highest BCUT2D eigenvalue weighted by molar-refractivity contribution is 5.20. The number of hydrogen-bond donors (Lipinski definition) is 1. The first-order valence-electron chi connectivity index (χ1n) is 5.62. The standard InChI is InChI=1S/C13H18F2O/c1-3-13(4-2,9-16)8-10-6-5-7-11(14)12(10)15/h5-7,16H,3-4,8-9H2,1-2H3. The van der Waals surface area contributed by atoms with Crippen LogP contribution in [0.15, 0.2) is 18.2 Å². The number of aliphatic hydroxyl groups is 1. The second-order valence-electron chi connectivity index (χ2n) is 4.25. The minimum absolute atomic E-state index is 0.00401. The van der Waals surface area contributed by atoms with Gasteiger partial charge < -0.3 is 5.11 Å². The second-order valence-corrected chi connectivity index (χ2v) is 4.25. The van der Waals surface area contributed by atoms with Crippen LogP contribution in [0.25, 0.3) is 0 Å². The van der Waals surface area contributed by atoms with E-state index < -0.39 is 11.6 Å². The molecule has 0 heterocycles. The molecule has 0 aliphatic rings. The van der Waals surface area contributed by atoms with Crippen molar-refractivity contribution in [1.29, 1.82) is 0 Å². The Morgan fingerprint density at radius 1 is 1.19 bits per heavy atom. The second kappa shape index (κ2) is 5.39. The van der Waals surface area contributed by atoms with E-state index in [1.807, 2.05) is 13.8 Å². The Hall–Kier alpha value is -0.960. The molecule has 0 aliphatic heterocycles. The largest absolute Gasteiger partial charge is 0.396 e. The maximum absolute atomic E-state index is 13.5. The van der Waals surface area contributed by atoms with Crippen molar-refractivity contribution in [3.8, 4) is 0 Å². The molecule has 0 bridgehead atoms. The molecule has 0 aliphatic carbocycles. The lowest BCUT2D eigenvalue weighted by Crippen LogP contribution is -2.27. The highest BCUT2D eigenvalue weighted by Crippen LogP contribution is 2.31. The minimum Gasteiger partial charge on any atom is -0.396 e. The molecule has 0 fully saturated rings. The van der Waals surface area contributed by atoms with E-state index in [0.717, 1.165) is 18.9 Å². The molecule has 0 amide bonds. The lowest BCUT2D eigenvalue weighted by Gasteiger charge is -2.29. The molecule has 16 heavy (non-hydrogen) atoms. The maximum Gasteiger partial charge on any atom is 0.162 e. The number of hydrogen-bond acceptors (Lipinski definition) is 1. The van der Waals surface area contributed by atoms with Crippen molar-refractivity contribution < 1.29 is 13.9 Å². The number of rotatable bonds is 5. The molecule has 90 valence electrons.